The van der Waals surface area contributed by atoms with E-state index < -0.39 is 23.2 Å². The van der Waals surface area contributed by atoms with E-state index >= 15 is 0 Å². The van der Waals surface area contributed by atoms with Gasteiger partial charge in [-0.2, -0.15) is 0 Å². The largest absolute Gasteiger partial charge is 0.504 e. The van der Waals surface area contributed by atoms with Crippen LogP contribution in [-0.2, 0) is 4.79 Å². The van der Waals surface area contributed by atoms with Crippen LogP contribution < -0.4 is 10.6 Å². The molecule has 3 rings (SSSR count). The number of benzene rings is 2. The fraction of sp³-hybridized carbons (Fsp3) is 0.286. The van der Waals surface area contributed by atoms with E-state index in [0.29, 0.717) is 31.5 Å². The van der Waals surface area contributed by atoms with Crippen molar-refractivity contribution in [1.82, 2.24) is 15.5 Å². The van der Waals surface area contributed by atoms with Crippen LogP contribution in [0.4, 0.5) is 0 Å². The van der Waals surface area contributed by atoms with E-state index in [1.807, 2.05) is 0 Å². The number of carbonyl (C=O) groups excluding carboxylic acids is 3. The van der Waals surface area contributed by atoms with E-state index in [9.17, 15) is 29.7 Å². The number of hydrogen-bond acceptors (Lipinski definition) is 6. The number of nitrogens with zero attached hydrogens (tertiary/aromatic N) is 1. The summed E-state index contributed by atoms with van der Waals surface area (Å²) in [5.74, 6) is -2.86. The number of carbonyl (C=O) groups is 3. The molecule has 0 aromatic heterocycles. The van der Waals surface area contributed by atoms with Crippen molar-refractivity contribution in [2.24, 2.45) is 0 Å². The van der Waals surface area contributed by atoms with E-state index in [0.717, 1.165) is 12.1 Å². The summed E-state index contributed by atoms with van der Waals surface area (Å²) < 4.78 is 0. The number of aromatic hydroxyl groups is 3. The number of piperidine rings is 1. The lowest BCUT2D eigenvalue weighted by molar-refractivity contribution is -0.131. The second-order valence-corrected chi connectivity index (χ2v) is 7.04. The van der Waals surface area contributed by atoms with Crippen LogP contribution >= 0.6 is 0 Å². The van der Waals surface area contributed by atoms with Gasteiger partial charge in [0.05, 0.1) is 6.54 Å². The van der Waals surface area contributed by atoms with Crippen LogP contribution in [0.1, 0.15) is 33.6 Å². The van der Waals surface area contributed by atoms with Crippen molar-refractivity contribution < 1.29 is 29.7 Å². The molecule has 158 valence electrons. The predicted molar refractivity (Wildman–Crippen MR) is 107 cm³/mol. The molecule has 1 aliphatic rings. The zero-order valence-electron chi connectivity index (χ0n) is 16.2. The van der Waals surface area contributed by atoms with Crippen molar-refractivity contribution in [3.05, 3.63) is 53.6 Å². The Kier molecular flexibility index (Phi) is 6.41. The maximum atomic E-state index is 12.3. The van der Waals surface area contributed by atoms with Gasteiger partial charge in [0, 0.05) is 30.3 Å². The highest BCUT2D eigenvalue weighted by Crippen LogP contribution is 2.35. The summed E-state index contributed by atoms with van der Waals surface area (Å²) in [6.07, 6.45) is 1.06. The van der Waals surface area contributed by atoms with Gasteiger partial charge in [0.25, 0.3) is 11.8 Å². The average Bonchev–Trinajstić information content (AvgIpc) is 2.76. The lowest BCUT2D eigenvalue weighted by Crippen LogP contribution is -2.49. The van der Waals surface area contributed by atoms with Gasteiger partial charge in [-0.3, -0.25) is 14.4 Å². The molecule has 5 N–H and O–H groups in total. The molecule has 2 aromatic rings. The standard InChI is InChI=1S/C21H23N3O6/c25-16-10-14(11-17(26)19(16)28)21(30)23-15-6-8-24(9-7-15)18(27)12-22-20(29)13-4-2-1-3-5-13/h1-5,10-11,15,25-26,28H,6-9,12H2,(H,22,29)(H,23,30). The van der Waals surface area contributed by atoms with Crippen LogP contribution in [0.5, 0.6) is 17.2 Å². The molecule has 9 heteroatoms. The molecule has 1 heterocycles. The van der Waals surface area contributed by atoms with Crippen LogP contribution in [0.25, 0.3) is 0 Å². The third-order valence-electron chi connectivity index (χ3n) is 4.95. The molecule has 0 atom stereocenters. The Morgan fingerprint density at radius 2 is 1.50 bits per heavy atom. The van der Waals surface area contributed by atoms with Crippen LogP contribution in [0, 0.1) is 0 Å². The molecule has 0 bridgehead atoms. The second kappa shape index (κ2) is 9.17. The maximum Gasteiger partial charge on any atom is 0.251 e. The minimum absolute atomic E-state index is 0.0185. The highest BCUT2D eigenvalue weighted by molar-refractivity contribution is 5.96. The average molecular weight is 413 g/mol. The van der Waals surface area contributed by atoms with Gasteiger partial charge in [-0.25, -0.2) is 0 Å². The van der Waals surface area contributed by atoms with Crippen LogP contribution in [-0.4, -0.2) is 63.6 Å². The molecule has 0 saturated carbocycles. The Morgan fingerprint density at radius 1 is 0.900 bits per heavy atom. The number of phenolic OH excluding ortho intramolecular Hbond substituents is 3. The fourth-order valence-electron chi connectivity index (χ4n) is 3.24. The smallest absolute Gasteiger partial charge is 0.251 e. The summed E-state index contributed by atoms with van der Waals surface area (Å²) in [4.78, 5) is 38.3. The first-order chi connectivity index (χ1) is 14.3. The van der Waals surface area contributed by atoms with Gasteiger partial charge in [0.15, 0.2) is 17.2 Å². The Hall–Kier alpha value is -3.75. The van der Waals surface area contributed by atoms with E-state index in [-0.39, 0.29) is 30.0 Å². The monoisotopic (exact) mass is 413 g/mol. The Bertz CT molecular complexity index is 916. The van der Waals surface area contributed by atoms with Crippen molar-refractivity contribution >= 4 is 17.7 Å². The van der Waals surface area contributed by atoms with E-state index in [4.69, 9.17) is 0 Å². The number of amides is 3. The molecule has 1 saturated heterocycles. The number of hydrogen-bond donors (Lipinski definition) is 5. The summed E-state index contributed by atoms with van der Waals surface area (Å²) in [6.45, 7) is 0.755. The summed E-state index contributed by atoms with van der Waals surface area (Å²) >= 11 is 0. The van der Waals surface area contributed by atoms with Gasteiger partial charge in [0.1, 0.15) is 0 Å². The molecule has 1 aliphatic heterocycles. The highest BCUT2D eigenvalue weighted by atomic mass is 16.3. The first-order valence-electron chi connectivity index (χ1n) is 9.52. The Morgan fingerprint density at radius 3 is 2.10 bits per heavy atom. The number of nitrogens with one attached hydrogen (secondary N) is 2. The zero-order valence-corrected chi connectivity index (χ0v) is 16.2. The predicted octanol–water partition coefficient (Wildman–Crippen LogP) is 0.954. The topological polar surface area (TPSA) is 139 Å². The van der Waals surface area contributed by atoms with Crippen LogP contribution in [0.3, 0.4) is 0 Å². The minimum Gasteiger partial charge on any atom is -0.504 e. The van der Waals surface area contributed by atoms with Crippen molar-refractivity contribution in [3.63, 3.8) is 0 Å². The van der Waals surface area contributed by atoms with E-state index in [1.165, 1.54) is 0 Å². The quantitative estimate of drug-likeness (QED) is 0.463. The first kappa shape index (κ1) is 21.0. The maximum absolute atomic E-state index is 12.3. The number of rotatable bonds is 5. The molecular formula is C21H23N3O6. The van der Waals surface area contributed by atoms with E-state index in [2.05, 4.69) is 10.6 Å². The normalized spacial score (nSPS) is 14.2. The summed E-state index contributed by atoms with van der Waals surface area (Å²) in [7, 11) is 0. The van der Waals surface area contributed by atoms with E-state index in [1.54, 1.807) is 35.2 Å². The van der Waals surface area contributed by atoms with Gasteiger partial charge >= 0.3 is 0 Å². The summed E-state index contributed by atoms with van der Waals surface area (Å²) in [5.41, 5.74) is 0.503. The molecule has 2 aromatic carbocycles. The SMILES string of the molecule is O=C(NCC(=O)N1CCC(NC(=O)c2cc(O)c(O)c(O)c2)CC1)c1ccccc1. The first-order valence-corrected chi connectivity index (χ1v) is 9.52. The van der Waals surface area contributed by atoms with Gasteiger partial charge in [0.2, 0.25) is 5.91 Å². The molecule has 0 unspecified atom stereocenters. The lowest BCUT2D eigenvalue weighted by atomic mass is 10.0. The third-order valence-corrected chi connectivity index (χ3v) is 4.95. The molecule has 0 aliphatic carbocycles. The Labute approximate surface area is 172 Å². The lowest BCUT2D eigenvalue weighted by Gasteiger charge is -2.32. The van der Waals surface area contributed by atoms with Gasteiger partial charge in [-0.15, -0.1) is 0 Å². The number of phenols is 3. The molecule has 0 spiro atoms. The fourth-order valence-corrected chi connectivity index (χ4v) is 3.24. The molecule has 1 fully saturated rings. The summed E-state index contributed by atoms with van der Waals surface area (Å²) in [5, 5.41) is 33.8. The minimum atomic E-state index is -0.683. The molecule has 9 nitrogen and oxygen atoms in total. The van der Waals surface area contributed by atoms with Gasteiger partial charge < -0.3 is 30.9 Å². The van der Waals surface area contributed by atoms with Crippen LogP contribution in [0.2, 0.25) is 0 Å². The van der Waals surface area contributed by atoms with Crippen LogP contribution in [0.15, 0.2) is 42.5 Å². The zero-order chi connectivity index (χ0) is 21.7. The number of likely N-dealkylation sites (tertiary alicyclic amines) is 1. The highest BCUT2D eigenvalue weighted by Gasteiger charge is 2.25. The molecule has 30 heavy (non-hydrogen) atoms. The van der Waals surface area contributed by atoms with Gasteiger partial charge in [-0.05, 0) is 37.1 Å². The summed E-state index contributed by atoms with van der Waals surface area (Å²) in [6, 6.07) is 10.6. The Balaban J connectivity index is 1.46. The second-order valence-electron chi connectivity index (χ2n) is 7.04. The molecular weight excluding hydrogens is 390 g/mol. The van der Waals surface area contributed by atoms with Gasteiger partial charge in [-0.1, -0.05) is 18.2 Å². The van der Waals surface area contributed by atoms with Crippen molar-refractivity contribution in [3.8, 4) is 17.2 Å². The van der Waals surface area contributed by atoms with Crippen molar-refractivity contribution in [2.75, 3.05) is 19.6 Å². The molecule has 3 amide bonds. The third kappa shape index (κ3) is 4.99. The molecule has 0 radical (unpaired) electrons. The van der Waals surface area contributed by atoms with Crippen molar-refractivity contribution in [1.29, 1.82) is 0 Å². The van der Waals surface area contributed by atoms with Crippen molar-refractivity contribution in [2.45, 2.75) is 18.9 Å².